The second-order valence-electron chi connectivity index (χ2n) is 3.11. The van der Waals surface area contributed by atoms with Crippen molar-refractivity contribution in [2.24, 2.45) is 0 Å². The Morgan fingerprint density at radius 2 is 2.33 bits per heavy atom. The van der Waals surface area contributed by atoms with Crippen LogP contribution in [0.2, 0.25) is 0 Å². The summed E-state index contributed by atoms with van der Waals surface area (Å²) in [6.45, 7) is 2.61. The molecule has 3 heteroatoms. The molecule has 0 radical (unpaired) electrons. The van der Waals surface area contributed by atoms with Crippen LogP contribution in [-0.2, 0) is 9.47 Å². The summed E-state index contributed by atoms with van der Waals surface area (Å²) in [5.41, 5.74) is 0. The van der Waals surface area contributed by atoms with Crippen LogP contribution in [0.3, 0.4) is 0 Å². The molecular formula is C9H17BrO2. The number of rotatable bonds is 5. The van der Waals surface area contributed by atoms with E-state index in [1.54, 1.807) is 0 Å². The highest BCUT2D eigenvalue weighted by molar-refractivity contribution is 9.09. The van der Waals surface area contributed by atoms with Crippen LogP contribution in [0.1, 0.15) is 25.7 Å². The summed E-state index contributed by atoms with van der Waals surface area (Å²) in [6.07, 6.45) is 5.06. The quantitative estimate of drug-likeness (QED) is 0.539. The summed E-state index contributed by atoms with van der Waals surface area (Å²) >= 11 is 3.40. The third kappa shape index (κ3) is 4.43. The highest BCUT2D eigenvalue weighted by Crippen LogP contribution is 2.10. The second-order valence-corrected chi connectivity index (χ2v) is 3.90. The predicted molar refractivity (Wildman–Crippen MR) is 52.8 cm³/mol. The van der Waals surface area contributed by atoms with Crippen LogP contribution in [0.4, 0.5) is 0 Å². The van der Waals surface area contributed by atoms with E-state index in [1.165, 1.54) is 12.8 Å². The SMILES string of the molecule is BrCCCCOC1CCCOC1. The van der Waals surface area contributed by atoms with Crippen molar-refractivity contribution >= 4 is 15.9 Å². The van der Waals surface area contributed by atoms with Gasteiger partial charge in [0.15, 0.2) is 0 Å². The van der Waals surface area contributed by atoms with Crippen molar-refractivity contribution in [1.82, 2.24) is 0 Å². The Labute approximate surface area is 82.7 Å². The largest absolute Gasteiger partial charge is 0.379 e. The molecule has 72 valence electrons. The Morgan fingerprint density at radius 1 is 1.42 bits per heavy atom. The fourth-order valence-corrected chi connectivity index (χ4v) is 1.69. The first kappa shape index (κ1) is 10.5. The molecule has 0 N–H and O–H groups in total. The molecule has 2 nitrogen and oxygen atoms in total. The number of alkyl halides is 1. The molecule has 0 amide bonds. The molecular weight excluding hydrogens is 220 g/mol. The van der Waals surface area contributed by atoms with Gasteiger partial charge in [-0.3, -0.25) is 0 Å². The van der Waals surface area contributed by atoms with Crippen molar-refractivity contribution < 1.29 is 9.47 Å². The van der Waals surface area contributed by atoms with Crippen molar-refractivity contribution in [3.63, 3.8) is 0 Å². The summed E-state index contributed by atoms with van der Waals surface area (Å²) < 4.78 is 10.9. The maximum absolute atomic E-state index is 5.64. The summed E-state index contributed by atoms with van der Waals surface area (Å²) in [6, 6.07) is 0. The first-order valence-corrected chi connectivity index (χ1v) is 5.81. The van der Waals surface area contributed by atoms with Crippen LogP contribution in [0.5, 0.6) is 0 Å². The Balaban J connectivity index is 1.91. The van der Waals surface area contributed by atoms with Gasteiger partial charge in [-0.2, -0.15) is 0 Å². The van der Waals surface area contributed by atoms with E-state index in [0.717, 1.165) is 38.0 Å². The van der Waals surface area contributed by atoms with Crippen LogP contribution >= 0.6 is 15.9 Å². The first-order chi connectivity index (χ1) is 5.93. The van der Waals surface area contributed by atoms with Gasteiger partial charge in [-0.25, -0.2) is 0 Å². The Hall–Kier alpha value is 0.400. The van der Waals surface area contributed by atoms with Gasteiger partial charge in [0, 0.05) is 18.5 Å². The van der Waals surface area contributed by atoms with E-state index in [-0.39, 0.29) is 0 Å². The van der Waals surface area contributed by atoms with Gasteiger partial charge >= 0.3 is 0 Å². The Morgan fingerprint density at radius 3 is 3.00 bits per heavy atom. The van der Waals surface area contributed by atoms with Crippen molar-refractivity contribution in [1.29, 1.82) is 0 Å². The second kappa shape index (κ2) is 6.87. The van der Waals surface area contributed by atoms with Crippen LogP contribution in [0, 0.1) is 0 Å². The molecule has 0 aromatic rings. The molecule has 0 saturated carbocycles. The number of halogens is 1. The molecule has 1 aliphatic rings. The van der Waals surface area contributed by atoms with Gasteiger partial charge in [-0.05, 0) is 25.7 Å². The normalized spacial score (nSPS) is 24.2. The van der Waals surface area contributed by atoms with Gasteiger partial charge in [-0.1, -0.05) is 15.9 Å². The van der Waals surface area contributed by atoms with Crippen LogP contribution < -0.4 is 0 Å². The van der Waals surface area contributed by atoms with Gasteiger partial charge in [0.1, 0.15) is 0 Å². The molecule has 0 aromatic heterocycles. The number of hydrogen-bond donors (Lipinski definition) is 0. The van der Waals surface area contributed by atoms with Crippen LogP contribution in [0.25, 0.3) is 0 Å². The van der Waals surface area contributed by atoms with Gasteiger partial charge in [0.05, 0.1) is 12.7 Å². The van der Waals surface area contributed by atoms with Crippen LogP contribution in [-0.4, -0.2) is 31.3 Å². The van der Waals surface area contributed by atoms with E-state index >= 15 is 0 Å². The molecule has 1 aliphatic heterocycles. The third-order valence-corrected chi connectivity index (χ3v) is 2.56. The monoisotopic (exact) mass is 236 g/mol. The lowest BCUT2D eigenvalue weighted by Crippen LogP contribution is -2.25. The van der Waals surface area contributed by atoms with E-state index in [9.17, 15) is 0 Å². The molecule has 1 unspecified atom stereocenters. The lowest BCUT2D eigenvalue weighted by molar-refractivity contribution is -0.0504. The summed E-state index contributed by atoms with van der Waals surface area (Å²) in [5.74, 6) is 0. The fraction of sp³-hybridized carbons (Fsp3) is 1.00. The van der Waals surface area contributed by atoms with E-state index in [1.807, 2.05) is 0 Å². The average Bonchev–Trinajstić information content (AvgIpc) is 2.14. The predicted octanol–water partition coefficient (Wildman–Crippen LogP) is 2.36. The van der Waals surface area contributed by atoms with E-state index < -0.39 is 0 Å². The molecule has 1 atom stereocenters. The zero-order chi connectivity index (χ0) is 8.65. The molecule has 0 aliphatic carbocycles. The average molecular weight is 237 g/mol. The molecule has 1 heterocycles. The fourth-order valence-electron chi connectivity index (χ4n) is 1.29. The first-order valence-electron chi connectivity index (χ1n) is 4.69. The third-order valence-electron chi connectivity index (χ3n) is 2.00. The summed E-state index contributed by atoms with van der Waals surface area (Å²) in [7, 11) is 0. The minimum Gasteiger partial charge on any atom is -0.379 e. The molecule has 1 fully saturated rings. The molecule has 0 aromatic carbocycles. The summed E-state index contributed by atoms with van der Waals surface area (Å²) in [5, 5.41) is 1.08. The maximum Gasteiger partial charge on any atom is 0.0809 e. The van der Waals surface area contributed by atoms with Crippen molar-refractivity contribution in [3.05, 3.63) is 0 Å². The minimum absolute atomic E-state index is 0.370. The minimum atomic E-state index is 0.370. The van der Waals surface area contributed by atoms with Crippen molar-refractivity contribution in [2.45, 2.75) is 31.8 Å². The highest BCUT2D eigenvalue weighted by Gasteiger charge is 2.13. The highest BCUT2D eigenvalue weighted by atomic mass is 79.9. The zero-order valence-corrected chi connectivity index (χ0v) is 9.01. The Bertz CT molecular complexity index is 103. The van der Waals surface area contributed by atoms with Gasteiger partial charge in [0.2, 0.25) is 0 Å². The smallest absolute Gasteiger partial charge is 0.0809 e. The van der Waals surface area contributed by atoms with Gasteiger partial charge < -0.3 is 9.47 Å². The Kier molecular flexibility index (Phi) is 6.00. The number of unbranched alkanes of at least 4 members (excludes halogenated alkanes) is 1. The van der Waals surface area contributed by atoms with E-state index in [0.29, 0.717) is 6.10 Å². The van der Waals surface area contributed by atoms with Gasteiger partial charge in [0.25, 0.3) is 0 Å². The topological polar surface area (TPSA) is 18.5 Å². The number of hydrogen-bond acceptors (Lipinski definition) is 2. The standard InChI is InChI=1S/C9H17BrO2/c10-5-1-2-7-12-9-4-3-6-11-8-9/h9H,1-8H2. The van der Waals surface area contributed by atoms with Crippen molar-refractivity contribution in [3.8, 4) is 0 Å². The maximum atomic E-state index is 5.64. The zero-order valence-electron chi connectivity index (χ0n) is 7.43. The molecule has 0 bridgehead atoms. The molecule has 1 saturated heterocycles. The van der Waals surface area contributed by atoms with Crippen molar-refractivity contribution in [2.75, 3.05) is 25.2 Å². The number of ether oxygens (including phenoxy) is 2. The van der Waals surface area contributed by atoms with E-state index in [2.05, 4.69) is 15.9 Å². The van der Waals surface area contributed by atoms with Crippen LogP contribution in [0.15, 0.2) is 0 Å². The van der Waals surface area contributed by atoms with Gasteiger partial charge in [-0.15, -0.1) is 0 Å². The lowest BCUT2D eigenvalue weighted by Gasteiger charge is -2.22. The van der Waals surface area contributed by atoms with E-state index in [4.69, 9.17) is 9.47 Å². The molecule has 1 rings (SSSR count). The summed E-state index contributed by atoms with van der Waals surface area (Å²) in [4.78, 5) is 0. The molecule has 12 heavy (non-hydrogen) atoms. The molecule has 0 spiro atoms. The lowest BCUT2D eigenvalue weighted by atomic mass is 10.2.